The smallest absolute Gasteiger partial charge is 0.262 e. The van der Waals surface area contributed by atoms with E-state index in [2.05, 4.69) is 10.3 Å². The van der Waals surface area contributed by atoms with Crippen molar-refractivity contribution in [3.63, 3.8) is 0 Å². The molecular weight excluding hydrogens is 350 g/mol. The number of hydrogen-bond donors (Lipinski definition) is 1. The van der Waals surface area contributed by atoms with Gasteiger partial charge in [0.05, 0.1) is 17.8 Å². The van der Waals surface area contributed by atoms with Crippen LogP contribution in [-0.4, -0.2) is 24.0 Å². The summed E-state index contributed by atoms with van der Waals surface area (Å²) in [6.45, 7) is 2.30. The second-order valence-corrected chi connectivity index (χ2v) is 7.04. The first-order chi connectivity index (χ1) is 12.6. The largest absolute Gasteiger partial charge is 0.493 e. The number of carbonyl (C=O) groups is 1. The SMILES string of the molecule is COc1cc(/C=C(\C#N)C(=O)NC2CC2)ccc1OCc1csc(C)n1. The molecule has 0 bridgehead atoms. The number of nitrogens with zero attached hydrogens (tertiary/aromatic N) is 2. The van der Waals surface area contributed by atoms with E-state index in [-0.39, 0.29) is 17.5 Å². The maximum Gasteiger partial charge on any atom is 0.262 e. The van der Waals surface area contributed by atoms with Crippen LogP contribution >= 0.6 is 11.3 Å². The van der Waals surface area contributed by atoms with Crippen molar-refractivity contribution in [3.05, 3.63) is 45.4 Å². The van der Waals surface area contributed by atoms with Crippen LogP contribution in [0.5, 0.6) is 11.5 Å². The highest BCUT2D eigenvalue weighted by Crippen LogP contribution is 2.30. The summed E-state index contributed by atoms with van der Waals surface area (Å²) in [5, 5.41) is 15.0. The van der Waals surface area contributed by atoms with Gasteiger partial charge in [-0.1, -0.05) is 6.07 Å². The zero-order valence-electron chi connectivity index (χ0n) is 14.6. The molecule has 0 aliphatic heterocycles. The first-order valence-corrected chi connectivity index (χ1v) is 9.11. The van der Waals surface area contributed by atoms with Gasteiger partial charge in [-0.3, -0.25) is 4.79 Å². The molecule has 1 N–H and O–H groups in total. The summed E-state index contributed by atoms with van der Waals surface area (Å²) in [5.74, 6) is 0.773. The van der Waals surface area contributed by atoms with Crippen LogP contribution in [0.3, 0.4) is 0 Å². The lowest BCUT2D eigenvalue weighted by atomic mass is 10.1. The fourth-order valence-electron chi connectivity index (χ4n) is 2.33. The molecule has 0 unspecified atom stereocenters. The fourth-order valence-corrected chi connectivity index (χ4v) is 2.92. The molecule has 1 aromatic carbocycles. The quantitative estimate of drug-likeness (QED) is 0.598. The number of amides is 1. The number of hydrogen-bond acceptors (Lipinski definition) is 6. The predicted molar refractivity (Wildman–Crippen MR) is 98.9 cm³/mol. The van der Waals surface area contributed by atoms with E-state index in [9.17, 15) is 10.1 Å². The molecule has 6 nitrogen and oxygen atoms in total. The van der Waals surface area contributed by atoms with Gasteiger partial charge in [0, 0.05) is 11.4 Å². The summed E-state index contributed by atoms with van der Waals surface area (Å²) in [7, 11) is 1.55. The van der Waals surface area contributed by atoms with Crippen LogP contribution in [-0.2, 0) is 11.4 Å². The summed E-state index contributed by atoms with van der Waals surface area (Å²) in [5.41, 5.74) is 1.63. The number of nitriles is 1. The van der Waals surface area contributed by atoms with Crippen LogP contribution in [0.15, 0.2) is 29.2 Å². The topological polar surface area (TPSA) is 84.2 Å². The molecule has 1 amide bonds. The Kier molecular flexibility index (Phi) is 5.54. The molecule has 1 fully saturated rings. The predicted octanol–water partition coefficient (Wildman–Crippen LogP) is 3.22. The van der Waals surface area contributed by atoms with Crippen molar-refractivity contribution in [1.29, 1.82) is 5.26 Å². The molecule has 1 heterocycles. The monoisotopic (exact) mass is 369 g/mol. The lowest BCUT2D eigenvalue weighted by Gasteiger charge is -2.10. The van der Waals surface area contributed by atoms with Gasteiger partial charge in [-0.2, -0.15) is 5.26 Å². The molecule has 2 aromatic rings. The average molecular weight is 369 g/mol. The maximum absolute atomic E-state index is 12.0. The Labute approximate surface area is 156 Å². The molecule has 1 aromatic heterocycles. The number of nitrogens with one attached hydrogen (secondary N) is 1. The molecule has 0 saturated heterocycles. The molecule has 3 rings (SSSR count). The van der Waals surface area contributed by atoms with E-state index in [1.165, 1.54) is 0 Å². The molecule has 1 aliphatic rings. The number of rotatable bonds is 7. The van der Waals surface area contributed by atoms with Gasteiger partial charge >= 0.3 is 0 Å². The van der Waals surface area contributed by atoms with Crippen molar-refractivity contribution in [2.24, 2.45) is 0 Å². The van der Waals surface area contributed by atoms with E-state index in [0.29, 0.717) is 23.7 Å². The number of aromatic nitrogens is 1. The number of aryl methyl sites for hydroxylation is 1. The van der Waals surface area contributed by atoms with Gasteiger partial charge in [0.2, 0.25) is 0 Å². The fraction of sp³-hybridized carbons (Fsp3) is 0.316. The first-order valence-electron chi connectivity index (χ1n) is 8.23. The van der Waals surface area contributed by atoms with Crippen LogP contribution in [0.2, 0.25) is 0 Å². The van der Waals surface area contributed by atoms with E-state index in [1.54, 1.807) is 42.7 Å². The van der Waals surface area contributed by atoms with Gasteiger partial charge in [-0.25, -0.2) is 4.98 Å². The minimum atomic E-state index is -0.340. The van der Waals surface area contributed by atoms with Crippen molar-refractivity contribution in [1.82, 2.24) is 10.3 Å². The number of methoxy groups -OCH3 is 1. The Morgan fingerprint density at radius 2 is 2.27 bits per heavy atom. The number of ether oxygens (including phenoxy) is 2. The first kappa shape index (κ1) is 18.0. The van der Waals surface area contributed by atoms with Crippen LogP contribution in [0.25, 0.3) is 6.08 Å². The lowest BCUT2D eigenvalue weighted by Crippen LogP contribution is -2.26. The normalized spacial score (nSPS) is 13.8. The van der Waals surface area contributed by atoms with Crippen LogP contribution < -0.4 is 14.8 Å². The number of carbonyl (C=O) groups excluding carboxylic acids is 1. The van der Waals surface area contributed by atoms with E-state index in [4.69, 9.17) is 9.47 Å². The number of benzene rings is 1. The molecule has 134 valence electrons. The minimum absolute atomic E-state index is 0.0746. The highest BCUT2D eigenvalue weighted by atomic mass is 32.1. The summed E-state index contributed by atoms with van der Waals surface area (Å²) < 4.78 is 11.2. The van der Waals surface area contributed by atoms with Crippen molar-refractivity contribution in [3.8, 4) is 17.6 Å². The van der Waals surface area contributed by atoms with Crippen molar-refractivity contribution >= 4 is 23.3 Å². The minimum Gasteiger partial charge on any atom is -0.493 e. The summed E-state index contributed by atoms with van der Waals surface area (Å²) in [6, 6.07) is 7.45. The Morgan fingerprint density at radius 1 is 1.46 bits per heavy atom. The molecule has 0 radical (unpaired) electrons. The molecule has 0 atom stereocenters. The van der Waals surface area contributed by atoms with Gasteiger partial charge in [0.15, 0.2) is 11.5 Å². The van der Waals surface area contributed by atoms with Crippen molar-refractivity contribution in [2.75, 3.05) is 7.11 Å². The Morgan fingerprint density at radius 3 is 2.88 bits per heavy atom. The number of thiazole rings is 1. The zero-order chi connectivity index (χ0) is 18.5. The second-order valence-electron chi connectivity index (χ2n) is 5.97. The van der Waals surface area contributed by atoms with Gasteiger partial charge in [0.1, 0.15) is 18.2 Å². The highest BCUT2D eigenvalue weighted by molar-refractivity contribution is 7.09. The van der Waals surface area contributed by atoms with E-state index < -0.39 is 0 Å². The Balaban J connectivity index is 1.73. The van der Waals surface area contributed by atoms with E-state index in [0.717, 1.165) is 23.5 Å². The highest BCUT2D eigenvalue weighted by Gasteiger charge is 2.24. The third-order valence-electron chi connectivity index (χ3n) is 3.82. The van der Waals surface area contributed by atoms with Gasteiger partial charge in [0.25, 0.3) is 5.91 Å². The molecule has 1 saturated carbocycles. The standard InChI is InChI=1S/C19H19N3O3S/c1-12-21-16(11-26-12)10-25-17-6-3-13(8-18(17)24-2)7-14(9-20)19(23)22-15-4-5-15/h3,6-8,11,15H,4-5,10H2,1-2H3,(H,22,23)/b14-7+. The molecule has 1 aliphatic carbocycles. The summed E-state index contributed by atoms with van der Waals surface area (Å²) in [4.78, 5) is 16.4. The van der Waals surface area contributed by atoms with Crippen LogP contribution in [0.1, 0.15) is 29.1 Å². The molecule has 7 heteroatoms. The van der Waals surface area contributed by atoms with E-state index in [1.807, 2.05) is 18.4 Å². The molecule has 0 spiro atoms. The lowest BCUT2D eigenvalue weighted by molar-refractivity contribution is -0.117. The third kappa shape index (κ3) is 4.61. The zero-order valence-corrected chi connectivity index (χ0v) is 15.4. The van der Waals surface area contributed by atoms with Crippen LogP contribution in [0, 0.1) is 18.3 Å². The summed E-state index contributed by atoms with van der Waals surface area (Å²) in [6.07, 6.45) is 3.50. The van der Waals surface area contributed by atoms with Crippen molar-refractivity contribution in [2.45, 2.75) is 32.4 Å². The Hall–Kier alpha value is -2.85. The third-order valence-corrected chi connectivity index (χ3v) is 4.64. The van der Waals surface area contributed by atoms with Crippen molar-refractivity contribution < 1.29 is 14.3 Å². The van der Waals surface area contributed by atoms with Crippen LogP contribution in [0.4, 0.5) is 0 Å². The molecular formula is C19H19N3O3S. The Bertz CT molecular complexity index is 878. The maximum atomic E-state index is 12.0. The van der Waals surface area contributed by atoms with Gasteiger partial charge in [-0.15, -0.1) is 11.3 Å². The van der Waals surface area contributed by atoms with Gasteiger partial charge < -0.3 is 14.8 Å². The molecule has 26 heavy (non-hydrogen) atoms. The second kappa shape index (κ2) is 8.02. The average Bonchev–Trinajstić information content (AvgIpc) is 3.36. The van der Waals surface area contributed by atoms with E-state index >= 15 is 0 Å². The summed E-state index contributed by atoms with van der Waals surface area (Å²) >= 11 is 1.57. The van der Waals surface area contributed by atoms with Gasteiger partial charge in [-0.05, 0) is 43.5 Å².